The fourth-order valence-electron chi connectivity index (χ4n) is 2.03. The van der Waals surface area contributed by atoms with Crippen LogP contribution < -0.4 is 10.1 Å². The van der Waals surface area contributed by atoms with E-state index in [1.54, 1.807) is 0 Å². The van der Waals surface area contributed by atoms with Crippen LogP contribution in [-0.2, 0) is 13.2 Å². The smallest absolute Gasteiger partial charge is 0.218 e. The van der Waals surface area contributed by atoms with Gasteiger partial charge in [-0.25, -0.2) is 10.1 Å². The van der Waals surface area contributed by atoms with Gasteiger partial charge in [0.1, 0.15) is 18.7 Å². The maximum absolute atomic E-state index is 6.08. The van der Waals surface area contributed by atoms with Gasteiger partial charge in [-0.15, -0.1) is 0 Å². The zero-order valence-corrected chi connectivity index (χ0v) is 12.5. The second-order valence-corrected chi connectivity index (χ2v) is 5.15. The van der Waals surface area contributed by atoms with Crippen molar-refractivity contribution in [2.45, 2.75) is 13.2 Å². The van der Waals surface area contributed by atoms with Crippen molar-refractivity contribution in [3.63, 3.8) is 0 Å². The lowest BCUT2D eigenvalue weighted by atomic mass is 10.2. The molecule has 0 amide bonds. The minimum atomic E-state index is 0.512. The van der Waals surface area contributed by atoms with Crippen LogP contribution in [-0.4, -0.2) is 15.2 Å². The molecule has 22 heavy (non-hydrogen) atoms. The van der Waals surface area contributed by atoms with Crippen LogP contribution in [0.3, 0.4) is 0 Å². The first-order chi connectivity index (χ1) is 10.8. The van der Waals surface area contributed by atoms with Crippen LogP contribution in [0.15, 0.2) is 54.9 Å². The number of ether oxygens (including phenoxy) is 1. The van der Waals surface area contributed by atoms with E-state index < -0.39 is 0 Å². The molecule has 0 bridgehead atoms. The summed E-state index contributed by atoms with van der Waals surface area (Å²) in [5.41, 5.74) is 2.08. The van der Waals surface area contributed by atoms with E-state index in [1.807, 2.05) is 48.5 Å². The number of aromatic amines is 1. The minimum absolute atomic E-state index is 0.512. The molecule has 0 fully saturated rings. The predicted molar refractivity (Wildman–Crippen MR) is 85.9 cm³/mol. The fourth-order valence-corrected chi connectivity index (χ4v) is 2.23. The van der Waals surface area contributed by atoms with Gasteiger partial charge in [0.2, 0.25) is 5.95 Å². The van der Waals surface area contributed by atoms with Crippen molar-refractivity contribution in [3.8, 4) is 5.75 Å². The number of aromatic nitrogens is 3. The summed E-state index contributed by atoms with van der Waals surface area (Å²) in [5, 5.41) is 10.4. The Balaban J connectivity index is 1.70. The molecule has 0 spiro atoms. The number of nitrogens with zero attached hydrogens (tertiary/aromatic N) is 2. The van der Waals surface area contributed by atoms with Crippen molar-refractivity contribution in [2.75, 3.05) is 5.32 Å². The van der Waals surface area contributed by atoms with E-state index in [2.05, 4.69) is 20.5 Å². The monoisotopic (exact) mass is 314 g/mol. The van der Waals surface area contributed by atoms with Gasteiger partial charge < -0.3 is 10.1 Å². The van der Waals surface area contributed by atoms with E-state index in [9.17, 15) is 0 Å². The Labute approximate surface area is 133 Å². The third-order valence-electron chi connectivity index (χ3n) is 3.12. The molecule has 0 unspecified atom stereocenters. The van der Waals surface area contributed by atoms with Crippen molar-refractivity contribution in [2.24, 2.45) is 0 Å². The van der Waals surface area contributed by atoms with Gasteiger partial charge in [0.25, 0.3) is 0 Å². The average molecular weight is 315 g/mol. The number of rotatable bonds is 6. The lowest BCUT2D eigenvalue weighted by Gasteiger charge is -2.12. The maximum atomic E-state index is 6.08. The highest BCUT2D eigenvalue weighted by molar-refractivity contribution is 6.30. The molecule has 5 nitrogen and oxygen atoms in total. The number of anilines is 1. The van der Waals surface area contributed by atoms with Crippen LogP contribution in [0, 0.1) is 0 Å². The van der Waals surface area contributed by atoms with Gasteiger partial charge in [0.15, 0.2) is 0 Å². The van der Waals surface area contributed by atoms with Crippen LogP contribution in [0.2, 0.25) is 5.02 Å². The molecule has 3 rings (SSSR count). The molecule has 3 aromatic rings. The Bertz CT molecular complexity index is 716. The second kappa shape index (κ2) is 6.95. The van der Waals surface area contributed by atoms with Crippen LogP contribution in [0.4, 0.5) is 5.95 Å². The van der Waals surface area contributed by atoms with Crippen molar-refractivity contribution in [3.05, 3.63) is 71.0 Å². The maximum Gasteiger partial charge on any atom is 0.218 e. The zero-order chi connectivity index (χ0) is 15.2. The molecule has 6 heteroatoms. The highest BCUT2D eigenvalue weighted by Crippen LogP contribution is 2.24. The summed E-state index contributed by atoms with van der Waals surface area (Å²) in [7, 11) is 0. The third kappa shape index (κ3) is 3.77. The molecule has 112 valence electrons. The van der Waals surface area contributed by atoms with Gasteiger partial charge in [-0.05, 0) is 23.8 Å². The van der Waals surface area contributed by atoms with Crippen LogP contribution >= 0.6 is 11.6 Å². The normalized spacial score (nSPS) is 10.4. The van der Waals surface area contributed by atoms with Crippen molar-refractivity contribution in [1.29, 1.82) is 0 Å². The molecular weight excluding hydrogens is 300 g/mol. The van der Waals surface area contributed by atoms with E-state index in [4.69, 9.17) is 16.3 Å². The van der Waals surface area contributed by atoms with Gasteiger partial charge in [-0.3, -0.25) is 0 Å². The number of halogens is 1. The molecule has 0 aliphatic carbocycles. The zero-order valence-electron chi connectivity index (χ0n) is 11.8. The largest absolute Gasteiger partial charge is 0.489 e. The summed E-state index contributed by atoms with van der Waals surface area (Å²) >= 11 is 6.08. The molecule has 1 aromatic heterocycles. The van der Waals surface area contributed by atoms with E-state index >= 15 is 0 Å². The summed E-state index contributed by atoms with van der Waals surface area (Å²) in [6.45, 7) is 1.05. The molecule has 0 aliphatic heterocycles. The third-order valence-corrected chi connectivity index (χ3v) is 3.36. The van der Waals surface area contributed by atoms with Gasteiger partial charge in [-0.1, -0.05) is 41.9 Å². The SMILES string of the molecule is Clc1ccc(OCc2ccccc2)c(CNc2ncn[nH]2)c1. The van der Waals surface area contributed by atoms with E-state index in [0.717, 1.165) is 16.9 Å². The van der Waals surface area contributed by atoms with Crippen molar-refractivity contribution < 1.29 is 4.74 Å². The lowest BCUT2D eigenvalue weighted by molar-refractivity contribution is 0.303. The highest BCUT2D eigenvalue weighted by Gasteiger charge is 2.06. The number of nitrogens with one attached hydrogen (secondary N) is 2. The van der Waals surface area contributed by atoms with Gasteiger partial charge >= 0.3 is 0 Å². The molecule has 0 radical (unpaired) electrons. The second-order valence-electron chi connectivity index (χ2n) is 4.71. The lowest BCUT2D eigenvalue weighted by Crippen LogP contribution is -2.04. The molecule has 0 saturated carbocycles. The molecule has 2 N–H and O–H groups in total. The quantitative estimate of drug-likeness (QED) is 0.729. The molecule has 1 heterocycles. The first-order valence-electron chi connectivity index (χ1n) is 6.85. The fraction of sp³-hybridized carbons (Fsp3) is 0.125. The van der Waals surface area contributed by atoms with Gasteiger partial charge in [0.05, 0.1) is 0 Å². The Kier molecular flexibility index (Phi) is 4.56. The summed E-state index contributed by atoms with van der Waals surface area (Å²) in [4.78, 5) is 4.03. The number of H-pyrrole nitrogens is 1. The Morgan fingerprint density at radius 3 is 2.77 bits per heavy atom. The summed E-state index contributed by atoms with van der Waals surface area (Å²) < 4.78 is 5.90. The van der Waals surface area contributed by atoms with Crippen LogP contribution in [0.25, 0.3) is 0 Å². The van der Waals surface area contributed by atoms with E-state index in [1.165, 1.54) is 6.33 Å². The van der Waals surface area contributed by atoms with Gasteiger partial charge in [-0.2, -0.15) is 5.10 Å². The topological polar surface area (TPSA) is 62.8 Å². The minimum Gasteiger partial charge on any atom is -0.489 e. The summed E-state index contributed by atoms with van der Waals surface area (Å²) in [6.07, 6.45) is 1.45. The van der Waals surface area contributed by atoms with Crippen molar-refractivity contribution in [1.82, 2.24) is 15.2 Å². The Hall–Kier alpha value is -2.53. The predicted octanol–water partition coefficient (Wildman–Crippen LogP) is 3.65. The standard InChI is InChI=1S/C16H15ClN4O/c17-14-6-7-15(22-10-12-4-2-1-3-5-12)13(8-14)9-18-16-19-11-20-21-16/h1-8,11H,9-10H2,(H2,18,19,20,21). The number of hydrogen-bond donors (Lipinski definition) is 2. The molecule has 0 atom stereocenters. The Morgan fingerprint density at radius 2 is 2.00 bits per heavy atom. The average Bonchev–Trinajstić information content (AvgIpc) is 3.06. The molecule has 2 aromatic carbocycles. The molecule has 0 aliphatic rings. The molecular formula is C16H15ClN4O. The van der Waals surface area contributed by atoms with Crippen LogP contribution in [0.1, 0.15) is 11.1 Å². The Morgan fingerprint density at radius 1 is 1.14 bits per heavy atom. The number of benzene rings is 2. The van der Waals surface area contributed by atoms with Crippen molar-refractivity contribution >= 4 is 17.5 Å². The molecule has 0 saturated heterocycles. The van der Waals surface area contributed by atoms with E-state index in [-0.39, 0.29) is 0 Å². The first-order valence-corrected chi connectivity index (χ1v) is 7.23. The van der Waals surface area contributed by atoms with Crippen LogP contribution in [0.5, 0.6) is 5.75 Å². The summed E-state index contributed by atoms with van der Waals surface area (Å²) in [6, 6.07) is 15.6. The van der Waals surface area contributed by atoms with E-state index in [0.29, 0.717) is 24.1 Å². The first kappa shape index (κ1) is 14.4. The summed E-state index contributed by atoms with van der Waals surface area (Å²) in [5.74, 6) is 1.40. The number of hydrogen-bond acceptors (Lipinski definition) is 4. The highest BCUT2D eigenvalue weighted by atomic mass is 35.5. The van der Waals surface area contributed by atoms with Gasteiger partial charge in [0, 0.05) is 17.1 Å².